The third-order valence-corrected chi connectivity index (χ3v) is 0. The van der Waals surface area contributed by atoms with Crippen LogP contribution in [0, 0.1) is 0 Å². The summed E-state index contributed by atoms with van der Waals surface area (Å²) in [5.41, 5.74) is 0. The molecule has 0 fully saturated rings. The summed E-state index contributed by atoms with van der Waals surface area (Å²) in [5, 5.41) is 0. The molecule has 5 heteroatoms. The van der Waals surface area contributed by atoms with Crippen molar-refractivity contribution in [2.75, 3.05) is 0 Å². The molecular formula is FeO3S. The van der Waals surface area contributed by atoms with Gasteiger partial charge in [-0.05, 0) is 0 Å². The average Bonchev–Trinajstić information content (AvgIpc) is 0.811. The van der Waals surface area contributed by atoms with E-state index in [1.807, 2.05) is 0 Å². The monoisotopic (exact) mass is 136 g/mol. The standard InChI is InChI=1S/Fe.O3S/c;1-4(2)3. The van der Waals surface area contributed by atoms with E-state index in [0.717, 1.165) is 0 Å². The molecule has 0 aromatic rings. The molecule has 5 heavy (non-hydrogen) atoms. The molecule has 0 aliphatic rings. The van der Waals surface area contributed by atoms with Crippen LogP contribution in [-0.2, 0) is 27.7 Å². The summed E-state index contributed by atoms with van der Waals surface area (Å²) in [6, 6.07) is 0. The Hall–Kier alpha value is 0.139. The van der Waals surface area contributed by atoms with Crippen LogP contribution in [-0.4, -0.2) is 12.6 Å². The Labute approximate surface area is 40.9 Å². The molecule has 3 nitrogen and oxygen atoms in total. The molecule has 0 atom stereocenters. The van der Waals surface area contributed by atoms with Crippen molar-refractivity contribution >= 4 is 10.6 Å². The van der Waals surface area contributed by atoms with Crippen LogP contribution >= 0.6 is 0 Å². The van der Waals surface area contributed by atoms with Crippen molar-refractivity contribution in [2.45, 2.75) is 0 Å². The van der Waals surface area contributed by atoms with Crippen LogP contribution < -0.4 is 0 Å². The summed E-state index contributed by atoms with van der Waals surface area (Å²) in [6.45, 7) is 0. The first kappa shape index (κ1) is 8.94. The first-order valence-corrected chi connectivity index (χ1v) is 1.50. The Morgan fingerprint density at radius 1 is 1.00 bits per heavy atom. The number of hydrogen-bond donors (Lipinski definition) is 0. The van der Waals surface area contributed by atoms with Gasteiger partial charge in [-0.3, -0.25) is 0 Å². The minimum atomic E-state index is -3.11. The SMILES string of the molecule is O=S(=O)=O.[Fe]. The molecule has 0 spiro atoms. The van der Waals surface area contributed by atoms with Crippen molar-refractivity contribution in [1.29, 1.82) is 0 Å². The van der Waals surface area contributed by atoms with Crippen LogP contribution in [0.2, 0.25) is 0 Å². The van der Waals surface area contributed by atoms with E-state index in [-0.39, 0.29) is 17.1 Å². The molecule has 0 rings (SSSR count). The third-order valence-electron chi connectivity index (χ3n) is 0. The topological polar surface area (TPSA) is 51.2 Å². The molecule has 0 saturated carbocycles. The largest absolute Gasteiger partial charge is 0.425 e. The van der Waals surface area contributed by atoms with Crippen molar-refractivity contribution < 1.29 is 29.7 Å². The molecule has 0 radical (unpaired) electrons. The van der Waals surface area contributed by atoms with Gasteiger partial charge in [0, 0.05) is 17.1 Å². The fraction of sp³-hybridized carbons (Fsp3) is 0. The average molecular weight is 136 g/mol. The molecular weight excluding hydrogens is 136 g/mol. The van der Waals surface area contributed by atoms with Gasteiger partial charge in [-0.25, -0.2) is 0 Å². The van der Waals surface area contributed by atoms with Crippen molar-refractivity contribution in [2.24, 2.45) is 0 Å². The molecule has 0 aliphatic heterocycles. The molecule has 0 bridgehead atoms. The summed E-state index contributed by atoms with van der Waals surface area (Å²) in [4.78, 5) is 0. The van der Waals surface area contributed by atoms with Gasteiger partial charge < -0.3 is 0 Å². The molecule has 0 heterocycles. The fourth-order valence-electron chi connectivity index (χ4n) is 0. The van der Waals surface area contributed by atoms with Gasteiger partial charge in [-0.15, -0.1) is 12.6 Å². The Morgan fingerprint density at radius 3 is 1.00 bits per heavy atom. The normalized spacial score (nSPS) is 4.80. The van der Waals surface area contributed by atoms with Crippen molar-refractivity contribution in [3.63, 3.8) is 0 Å². The van der Waals surface area contributed by atoms with E-state index in [1.54, 1.807) is 0 Å². The smallest absolute Gasteiger partial charge is 0.142 e. The molecule has 0 saturated heterocycles. The predicted octanol–water partition coefficient (Wildman–Crippen LogP) is -1.01. The van der Waals surface area contributed by atoms with Crippen LogP contribution in [0.15, 0.2) is 0 Å². The molecule has 0 aromatic carbocycles. The molecule has 0 aliphatic carbocycles. The fourth-order valence-corrected chi connectivity index (χ4v) is 0. The summed E-state index contributed by atoms with van der Waals surface area (Å²) >= 11 is 0. The molecule has 0 amide bonds. The van der Waals surface area contributed by atoms with Crippen LogP contribution in [0.25, 0.3) is 0 Å². The second-order valence-electron chi connectivity index (χ2n) is 0.204. The maximum atomic E-state index is 8.44. The summed E-state index contributed by atoms with van der Waals surface area (Å²) in [5.74, 6) is 0. The van der Waals surface area contributed by atoms with Crippen LogP contribution in [0.3, 0.4) is 0 Å². The molecule has 0 unspecified atom stereocenters. The van der Waals surface area contributed by atoms with Gasteiger partial charge in [0.15, 0.2) is 0 Å². The van der Waals surface area contributed by atoms with E-state index in [1.165, 1.54) is 0 Å². The first-order chi connectivity index (χ1) is 1.73. The molecule has 0 aromatic heterocycles. The third kappa shape index (κ3) is 974. The van der Waals surface area contributed by atoms with Crippen molar-refractivity contribution in [3.05, 3.63) is 0 Å². The zero-order valence-electron chi connectivity index (χ0n) is 1.99. The van der Waals surface area contributed by atoms with Crippen molar-refractivity contribution in [1.82, 2.24) is 0 Å². The van der Waals surface area contributed by atoms with Crippen LogP contribution in [0.4, 0.5) is 0 Å². The van der Waals surface area contributed by atoms with Crippen LogP contribution in [0.5, 0.6) is 0 Å². The van der Waals surface area contributed by atoms with E-state index in [2.05, 4.69) is 0 Å². The van der Waals surface area contributed by atoms with E-state index in [0.29, 0.717) is 0 Å². The van der Waals surface area contributed by atoms with Crippen molar-refractivity contribution in [3.8, 4) is 0 Å². The van der Waals surface area contributed by atoms with E-state index < -0.39 is 10.6 Å². The Kier molecular flexibility index (Phi) is 7.40. The second kappa shape index (κ2) is 4.14. The zero-order chi connectivity index (χ0) is 3.58. The summed E-state index contributed by atoms with van der Waals surface area (Å²) in [6.07, 6.45) is 0. The summed E-state index contributed by atoms with van der Waals surface area (Å²) < 4.78 is 25.3. The minimum absolute atomic E-state index is 0. The van der Waals surface area contributed by atoms with E-state index in [4.69, 9.17) is 12.6 Å². The zero-order valence-corrected chi connectivity index (χ0v) is 3.91. The van der Waals surface area contributed by atoms with E-state index in [9.17, 15) is 0 Å². The summed E-state index contributed by atoms with van der Waals surface area (Å²) in [7, 11) is -3.11. The molecule has 32 valence electrons. The molecule has 0 N–H and O–H groups in total. The van der Waals surface area contributed by atoms with Gasteiger partial charge in [0.1, 0.15) is 0 Å². The Balaban J connectivity index is 0. The number of hydrogen-bond acceptors (Lipinski definition) is 3. The van der Waals surface area contributed by atoms with Gasteiger partial charge in [0.25, 0.3) is 0 Å². The second-order valence-corrected chi connectivity index (χ2v) is 0.612. The maximum absolute atomic E-state index is 8.44. The van der Waals surface area contributed by atoms with Crippen LogP contribution in [0.1, 0.15) is 0 Å². The number of rotatable bonds is 0. The Bertz CT molecular complexity index is 76.3. The predicted molar refractivity (Wildman–Crippen MR) is 9.70 cm³/mol. The quantitative estimate of drug-likeness (QED) is 0.401. The van der Waals surface area contributed by atoms with Gasteiger partial charge in [0.05, 0.1) is 0 Å². The van der Waals surface area contributed by atoms with E-state index >= 15 is 0 Å². The maximum Gasteiger partial charge on any atom is 0.425 e. The van der Waals surface area contributed by atoms with Gasteiger partial charge in [-0.1, -0.05) is 0 Å². The van der Waals surface area contributed by atoms with Gasteiger partial charge in [-0.2, -0.15) is 0 Å². The first-order valence-electron chi connectivity index (χ1n) is 0.500. The van der Waals surface area contributed by atoms with Gasteiger partial charge in [0.2, 0.25) is 0 Å². The minimum Gasteiger partial charge on any atom is -0.142 e. The Morgan fingerprint density at radius 2 is 1.00 bits per heavy atom. The van der Waals surface area contributed by atoms with Gasteiger partial charge >= 0.3 is 10.6 Å².